The van der Waals surface area contributed by atoms with Crippen LogP contribution < -0.4 is 0 Å². The highest BCUT2D eigenvalue weighted by Gasteiger charge is 2.21. The van der Waals surface area contributed by atoms with Crippen LogP contribution in [0.3, 0.4) is 0 Å². The van der Waals surface area contributed by atoms with Gasteiger partial charge in [0, 0.05) is 18.4 Å². The van der Waals surface area contributed by atoms with Crippen molar-refractivity contribution >= 4 is 11.8 Å². The van der Waals surface area contributed by atoms with Crippen LogP contribution in [0.5, 0.6) is 0 Å². The molecule has 1 saturated carbocycles. The molecule has 0 bridgehead atoms. The van der Waals surface area contributed by atoms with Crippen molar-refractivity contribution in [3.05, 3.63) is 41.2 Å². The van der Waals surface area contributed by atoms with Crippen LogP contribution in [0, 0.1) is 17.7 Å². The molecule has 0 aliphatic heterocycles. The Bertz CT molecular complexity index is 578. The predicted octanol–water partition coefficient (Wildman–Crippen LogP) is 4.60. The lowest BCUT2D eigenvalue weighted by Gasteiger charge is -2.23. The summed E-state index contributed by atoms with van der Waals surface area (Å²) < 4.78 is 13.1. The van der Waals surface area contributed by atoms with E-state index in [0.29, 0.717) is 18.4 Å². The highest BCUT2D eigenvalue weighted by atomic mass is 19.1. The Balaban J connectivity index is 2.08. The molecule has 0 aromatic heterocycles. The molecule has 24 heavy (non-hydrogen) atoms. The van der Waals surface area contributed by atoms with Gasteiger partial charge in [-0.1, -0.05) is 31.1 Å². The van der Waals surface area contributed by atoms with Crippen molar-refractivity contribution in [2.45, 2.75) is 33.1 Å². The number of allylic oxidation sites excluding steroid dienone is 1. The standard InChI is InChI=1S/C20H29FN2O/c1-15(13-23(3)4)14-24-22-20-16(2)6-5-7-18(20)12-17-8-10-19(21)11-9-17/h8-12,15-16H,5-7,13-14H2,1-4H3/b18-12+,22-20?. The van der Waals surface area contributed by atoms with Crippen LogP contribution in [0.15, 0.2) is 35.0 Å². The van der Waals surface area contributed by atoms with Gasteiger partial charge < -0.3 is 9.74 Å². The van der Waals surface area contributed by atoms with Crippen molar-refractivity contribution in [2.75, 3.05) is 27.2 Å². The number of benzene rings is 1. The summed E-state index contributed by atoms with van der Waals surface area (Å²) in [6.07, 6.45) is 5.40. The van der Waals surface area contributed by atoms with E-state index in [-0.39, 0.29) is 5.82 Å². The minimum absolute atomic E-state index is 0.207. The Morgan fingerprint density at radius 3 is 2.71 bits per heavy atom. The zero-order valence-electron chi connectivity index (χ0n) is 15.3. The van der Waals surface area contributed by atoms with Gasteiger partial charge in [-0.25, -0.2) is 4.39 Å². The van der Waals surface area contributed by atoms with E-state index in [0.717, 1.165) is 37.1 Å². The fourth-order valence-electron chi connectivity index (χ4n) is 3.14. The van der Waals surface area contributed by atoms with E-state index in [1.807, 2.05) is 0 Å². The van der Waals surface area contributed by atoms with Crippen LogP contribution >= 0.6 is 0 Å². The molecule has 3 nitrogen and oxygen atoms in total. The Morgan fingerprint density at radius 1 is 1.33 bits per heavy atom. The highest BCUT2D eigenvalue weighted by Crippen LogP contribution is 2.28. The monoisotopic (exact) mass is 332 g/mol. The summed E-state index contributed by atoms with van der Waals surface area (Å²) in [4.78, 5) is 7.81. The zero-order valence-corrected chi connectivity index (χ0v) is 15.3. The number of rotatable bonds is 6. The lowest BCUT2D eigenvalue weighted by molar-refractivity contribution is 0.100. The lowest BCUT2D eigenvalue weighted by atomic mass is 9.84. The Labute approximate surface area is 145 Å². The van der Waals surface area contributed by atoms with Crippen LogP contribution in [0.2, 0.25) is 0 Å². The summed E-state index contributed by atoms with van der Waals surface area (Å²) in [6, 6.07) is 6.60. The van der Waals surface area contributed by atoms with Crippen LogP contribution in [-0.2, 0) is 4.84 Å². The van der Waals surface area contributed by atoms with Gasteiger partial charge in [0.25, 0.3) is 0 Å². The molecular weight excluding hydrogens is 303 g/mol. The molecule has 1 aromatic rings. The van der Waals surface area contributed by atoms with Crippen molar-refractivity contribution in [3.8, 4) is 0 Å². The maximum absolute atomic E-state index is 13.1. The first-order valence-corrected chi connectivity index (χ1v) is 8.76. The third-order valence-corrected chi connectivity index (χ3v) is 4.29. The van der Waals surface area contributed by atoms with E-state index < -0.39 is 0 Å². The van der Waals surface area contributed by atoms with Crippen LogP contribution in [-0.4, -0.2) is 37.9 Å². The number of halogens is 1. The average molecular weight is 332 g/mol. The first-order chi connectivity index (χ1) is 11.5. The maximum atomic E-state index is 13.1. The second kappa shape index (κ2) is 8.97. The van der Waals surface area contributed by atoms with Gasteiger partial charge in [0.05, 0.1) is 5.71 Å². The van der Waals surface area contributed by atoms with Crippen molar-refractivity contribution in [1.82, 2.24) is 4.90 Å². The molecule has 0 radical (unpaired) electrons. The van der Waals surface area contributed by atoms with Gasteiger partial charge in [0.15, 0.2) is 0 Å². The molecule has 0 saturated heterocycles. The predicted molar refractivity (Wildman–Crippen MR) is 98.5 cm³/mol. The molecule has 2 unspecified atom stereocenters. The Hall–Kier alpha value is -1.68. The number of oxime groups is 1. The van der Waals surface area contributed by atoms with Crippen LogP contribution in [0.4, 0.5) is 4.39 Å². The van der Waals surface area contributed by atoms with Gasteiger partial charge in [-0.2, -0.15) is 0 Å². The summed E-state index contributed by atoms with van der Waals surface area (Å²) in [5.41, 5.74) is 3.26. The Kier molecular flexibility index (Phi) is 6.98. The van der Waals surface area contributed by atoms with E-state index in [4.69, 9.17) is 4.84 Å². The summed E-state index contributed by atoms with van der Waals surface area (Å²) in [5.74, 6) is 0.628. The molecule has 0 heterocycles. The molecule has 0 amide bonds. The van der Waals surface area contributed by atoms with Crippen molar-refractivity contribution in [3.63, 3.8) is 0 Å². The fraction of sp³-hybridized carbons (Fsp3) is 0.550. The highest BCUT2D eigenvalue weighted by molar-refractivity contribution is 6.05. The second-order valence-electron chi connectivity index (χ2n) is 7.15. The van der Waals surface area contributed by atoms with Gasteiger partial charge in [-0.05, 0) is 62.7 Å². The second-order valence-corrected chi connectivity index (χ2v) is 7.15. The Morgan fingerprint density at radius 2 is 2.04 bits per heavy atom. The summed E-state index contributed by atoms with van der Waals surface area (Å²) >= 11 is 0. The number of hydrogen-bond acceptors (Lipinski definition) is 3. The third kappa shape index (κ3) is 5.75. The molecule has 1 fully saturated rings. The summed E-state index contributed by atoms with van der Waals surface area (Å²) in [5, 5.41) is 4.46. The topological polar surface area (TPSA) is 24.8 Å². The third-order valence-electron chi connectivity index (χ3n) is 4.29. The summed E-state index contributed by atoms with van der Waals surface area (Å²) in [7, 11) is 4.13. The van der Waals surface area contributed by atoms with Crippen molar-refractivity contribution in [2.24, 2.45) is 17.0 Å². The van der Waals surface area contributed by atoms with E-state index in [9.17, 15) is 4.39 Å². The van der Waals surface area contributed by atoms with Crippen LogP contribution in [0.25, 0.3) is 6.08 Å². The molecule has 1 aliphatic carbocycles. The number of nitrogens with zero attached hydrogens (tertiary/aromatic N) is 2. The zero-order chi connectivity index (χ0) is 17.5. The largest absolute Gasteiger partial charge is 0.395 e. The van der Waals surface area contributed by atoms with E-state index in [1.165, 1.54) is 17.7 Å². The molecule has 1 aliphatic rings. The quantitative estimate of drug-likeness (QED) is 0.711. The molecule has 2 rings (SSSR count). The molecular formula is C20H29FN2O. The van der Waals surface area contributed by atoms with Gasteiger partial charge in [-0.3, -0.25) is 0 Å². The molecule has 132 valence electrons. The van der Waals surface area contributed by atoms with E-state index in [2.05, 4.69) is 44.1 Å². The molecule has 1 aromatic carbocycles. The minimum atomic E-state index is -0.207. The molecule has 0 N–H and O–H groups in total. The fourth-order valence-corrected chi connectivity index (χ4v) is 3.14. The molecule has 4 heteroatoms. The number of hydrogen-bond donors (Lipinski definition) is 0. The maximum Gasteiger partial charge on any atom is 0.123 e. The smallest absolute Gasteiger partial charge is 0.123 e. The van der Waals surface area contributed by atoms with E-state index in [1.54, 1.807) is 12.1 Å². The van der Waals surface area contributed by atoms with Gasteiger partial charge in [0.2, 0.25) is 0 Å². The van der Waals surface area contributed by atoms with Crippen molar-refractivity contribution in [1.29, 1.82) is 0 Å². The van der Waals surface area contributed by atoms with Gasteiger partial charge in [0.1, 0.15) is 12.4 Å². The average Bonchev–Trinajstić information content (AvgIpc) is 2.51. The first-order valence-electron chi connectivity index (χ1n) is 8.76. The molecule has 0 spiro atoms. The van der Waals surface area contributed by atoms with Crippen molar-refractivity contribution < 1.29 is 9.23 Å². The van der Waals surface area contributed by atoms with E-state index >= 15 is 0 Å². The normalized spacial score (nSPS) is 23.0. The lowest BCUT2D eigenvalue weighted by Crippen LogP contribution is -2.23. The summed E-state index contributed by atoms with van der Waals surface area (Å²) in [6.45, 7) is 5.97. The SMILES string of the molecule is CC(CON=C1/C(=C/c2ccc(F)cc2)CCCC1C)CN(C)C. The first kappa shape index (κ1) is 18.7. The van der Waals surface area contributed by atoms with Gasteiger partial charge >= 0.3 is 0 Å². The molecule has 2 atom stereocenters. The van der Waals surface area contributed by atoms with Crippen LogP contribution in [0.1, 0.15) is 38.7 Å². The minimum Gasteiger partial charge on any atom is -0.395 e. The van der Waals surface area contributed by atoms with Gasteiger partial charge in [-0.15, -0.1) is 0 Å².